The number of carbonyl (C=O) groups excluding carboxylic acids is 1. The molecule has 0 spiro atoms. The average Bonchev–Trinajstić information content (AvgIpc) is 3.39. The van der Waals surface area contributed by atoms with E-state index in [1.165, 1.54) is 23.1 Å². The maximum Gasteiger partial charge on any atom is 0.433 e. The summed E-state index contributed by atoms with van der Waals surface area (Å²) in [6.07, 6.45) is -7.87. The van der Waals surface area contributed by atoms with Gasteiger partial charge in [-0.15, -0.1) is 0 Å². The van der Waals surface area contributed by atoms with Crippen molar-refractivity contribution in [2.45, 2.75) is 31.2 Å². The maximum absolute atomic E-state index is 13.2. The first-order valence-electron chi connectivity index (χ1n) is 9.63. The summed E-state index contributed by atoms with van der Waals surface area (Å²) < 4.78 is 84.6. The van der Waals surface area contributed by atoms with Gasteiger partial charge in [0.25, 0.3) is 0 Å². The van der Waals surface area contributed by atoms with E-state index in [1.54, 1.807) is 24.3 Å². The number of likely N-dealkylation sites (N-methyl/N-ethyl adjacent to an activating group) is 1. The topological polar surface area (TPSA) is 49.6 Å². The van der Waals surface area contributed by atoms with Gasteiger partial charge >= 0.3 is 12.4 Å². The van der Waals surface area contributed by atoms with Crippen LogP contribution in [0.15, 0.2) is 47.1 Å². The van der Waals surface area contributed by atoms with Gasteiger partial charge in [0.1, 0.15) is 23.1 Å². The lowest BCUT2D eigenvalue weighted by Gasteiger charge is -2.29. The molecule has 1 saturated heterocycles. The molecule has 32 heavy (non-hydrogen) atoms. The predicted molar refractivity (Wildman–Crippen MR) is 104 cm³/mol. The third-order valence-electron chi connectivity index (χ3n) is 5.42. The Labute approximate surface area is 178 Å². The number of halogens is 6. The highest BCUT2D eigenvalue weighted by Crippen LogP contribution is 2.38. The number of hydrogen-bond acceptors (Lipinski definition) is 4. The summed E-state index contributed by atoms with van der Waals surface area (Å²) >= 11 is 0. The number of rotatable bonds is 3. The van der Waals surface area contributed by atoms with Crippen LogP contribution in [0.5, 0.6) is 0 Å². The number of alkyl halides is 6. The molecule has 0 aliphatic carbocycles. The van der Waals surface area contributed by atoms with E-state index in [1.807, 2.05) is 0 Å². The number of aromatic nitrogens is 1. The van der Waals surface area contributed by atoms with E-state index in [4.69, 9.17) is 4.42 Å². The molecular weight excluding hydrogens is 440 g/mol. The van der Waals surface area contributed by atoms with Crippen molar-refractivity contribution in [1.29, 1.82) is 0 Å². The Balaban J connectivity index is 1.67. The van der Waals surface area contributed by atoms with Gasteiger partial charge in [0.05, 0.1) is 11.8 Å². The van der Waals surface area contributed by atoms with Gasteiger partial charge < -0.3 is 14.2 Å². The average molecular weight is 457 g/mol. The van der Waals surface area contributed by atoms with Gasteiger partial charge in [-0.1, -0.05) is 0 Å². The summed E-state index contributed by atoms with van der Waals surface area (Å²) in [6, 6.07) is 6.32. The normalized spacial score (nSPS) is 17.2. The van der Waals surface area contributed by atoms with Crippen molar-refractivity contribution >= 4 is 28.4 Å². The molecule has 5 nitrogen and oxygen atoms in total. The molecule has 0 radical (unpaired) electrons. The number of benzene rings is 1. The third-order valence-corrected chi connectivity index (χ3v) is 5.42. The van der Waals surface area contributed by atoms with Crippen LogP contribution in [0.4, 0.5) is 37.8 Å². The molecule has 11 heteroatoms. The maximum atomic E-state index is 13.2. The molecule has 3 heterocycles. The molecule has 1 aromatic carbocycles. The fourth-order valence-electron chi connectivity index (χ4n) is 3.78. The van der Waals surface area contributed by atoms with Crippen LogP contribution in [0.3, 0.4) is 0 Å². The first-order valence-corrected chi connectivity index (χ1v) is 9.63. The Morgan fingerprint density at radius 3 is 2.53 bits per heavy atom. The Hall–Kier alpha value is -3.24. The molecule has 0 N–H and O–H groups in total. The van der Waals surface area contributed by atoms with Gasteiger partial charge in [-0.3, -0.25) is 4.79 Å². The Morgan fingerprint density at radius 1 is 1.09 bits per heavy atom. The molecule has 170 valence electrons. The van der Waals surface area contributed by atoms with Crippen LogP contribution < -0.4 is 9.80 Å². The van der Waals surface area contributed by atoms with E-state index in [2.05, 4.69) is 4.98 Å². The van der Waals surface area contributed by atoms with Gasteiger partial charge in [0.2, 0.25) is 5.91 Å². The molecule has 2 aromatic heterocycles. The first kappa shape index (κ1) is 22.0. The number of furan rings is 1. The van der Waals surface area contributed by atoms with Crippen LogP contribution in [0.1, 0.15) is 24.1 Å². The second-order valence-electron chi connectivity index (χ2n) is 7.49. The summed E-state index contributed by atoms with van der Waals surface area (Å²) in [5.41, 5.74) is -1.99. The molecule has 0 bridgehead atoms. The standard InChI is InChI=1S/C21H17F6N3O2/c1-29(14-4-5-16-12(9-14)6-8-32-16)19(31)15-3-2-7-30(15)18-11-13(20(22,23)24)10-17(28-18)21(25,26)27/h4-6,8-11,15H,2-3,7H2,1H3. The second-order valence-corrected chi connectivity index (χ2v) is 7.49. The molecule has 1 unspecified atom stereocenters. The molecule has 1 amide bonds. The van der Waals surface area contributed by atoms with Gasteiger partial charge in [0.15, 0.2) is 0 Å². The molecule has 1 fully saturated rings. The van der Waals surface area contributed by atoms with Crippen LogP contribution in [0.2, 0.25) is 0 Å². The summed E-state index contributed by atoms with van der Waals surface area (Å²) in [4.78, 5) is 19.1. The van der Waals surface area contributed by atoms with Crippen LogP contribution in [-0.2, 0) is 17.1 Å². The minimum atomic E-state index is -5.06. The molecule has 4 rings (SSSR count). The Kier molecular flexibility index (Phi) is 5.30. The first-order chi connectivity index (χ1) is 14.9. The minimum absolute atomic E-state index is 0.0251. The van der Waals surface area contributed by atoms with Gasteiger partial charge in [0, 0.05) is 24.7 Å². The zero-order chi connectivity index (χ0) is 23.3. The quantitative estimate of drug-likeness (QED) is 0.488. The van der Waals surface area contributed by atoms with E-state index in [0.717, 1.165) is 5.39 Å². The molecule has 1 atom stereocenters. The van der Waals surface area contributed by atoms with Crippen molar-refractivity contribution in [2.75, 3.05) is 23.4 Å². The van der Waals surface area contributed by atoms with E-state index in [0.29, 0.717) is 23.8 Å². The van der Waals surface area contributed by atoms with Crippen molar-refractivity contribution in [2.24, 2.45) is 0 Å². The lowest BCUT2D eigenvalue weighted by molar-refractivity contribution is -0.145. The second kappa shape index (κ2) is 7.72. The van der Waals surface area contributed by atoms with Crippen molar-refractivity contribution in [1.82, 2.24) is 4.98 Å². The Bertz CT molecular complexity index is 1120. The van der Waals surface area contributed by atoms with Crippen molar-refractivity contribution in [3.05, 3.63) is 53.9 Å². The molecule has 3 aromatic rings. The van der Waals surface area contributed by atoms with Crippen LogP contribution in [0, 0.1) is 0 Å². The van der Waals surface area contributed by atoms with E-state index in [-0.39, 0.29) is 19.0 Å². The Morgan fingerprint density at radius 2 is 1.84 bits per heavy atom. The third kappa shape index (κ3) is 4.11. The van der Waals surface area contributed by atoms with Crippen LogP contribution in [-0.4, -0.2) is 30.5 Å². The van der Waals surface area contributed by atoms with Gasteiger partial charge in [-0.05, 0) is 49.2 Å². The lowest BCUT2D eigenvalue weighted by Crippen LogP contribution is -2.45. The van der Waals surface area contributed by atoms with Crippen LogP contribution in [0.25, 0.3) is 11.0 Å². The number of pyridine rings is 1. The van der Waals surface area contributed by atoms with Gasteiger partial charge in [-0.2, -0.15) is 26.3 Å². The largest absolute Gasteiger partial charge is 0.464 e. The fourth-order valence-corrected chi connectivity index (χ4v) is 3.78. The van der Waals surface area contributed by atoms with Gasteiger partial charge in [-0.25, -0.2) is 4.98 Å². The van der Waals surface area contributed by atoms with Crippen molar-refractivity contribution in [3.8, 4) is 0 Å². The smallest absolute Gasteiger partial charge is 0.433 e. The SMILES string of the molecule is CN(C(=O)C1CCCN1c1cc(C(F)(F)F)cc(C(F)(F)F)n1)c1ccc2occc2c1. The number of fused-ring (bicyclic) bond motifs is 1. The highest BCUT2D eigenvalue weighted by Gasteiger charge is 2.41. The fraction of sp³-hybridized carbons (Fsp3) is 0.333. The number of nitrogens with zero attached hydrogens (tertiary/aromatic N) is 3. The lowest BCUT2D eigenvalue weighted by atomic mass is 10.1. The van der Waals surface area contributed by atoms with Crippen molar-refractivity contribution < 1.29 is 35.6 Å². The number of amides is 1. The predicted octanol–water partition coefficient (Wildman–Crippen LogP) is 5.50. The molecule has 1 aliphatic heterocycles. The minimum Gasteiger partial charge on any atom is -0.464 e. The summed E-state index contributed by atoms with van der Waals surface area (Å²) in [5, 5.41) is 0.750. The summed E-state index contributed by atoms with van der Waals surface area (Å²) in [7, 11) is 1.50. The molecule has 0 saturated carbocycles. The van der Waals surface area contributed by atoms with E-state index in [9.17, 15) is 31.1 Å². The number of hydrogen-bond donors (Lipinski definition) is 0. The summed E-state index contributed by atoms with van der Waals surface area (Å²) in [6.45, 7) is 0.108. The summed E-state index contributed by atoms with van der Waals surface area (Å²) in [5.74, 6) is -0.986. The van der Waals surface area contributed by atoms with E-state index < -0.39 is 41.4 Å². The highest BCUT2D eigenvalue weighted by molar-refractivity contribution is 6.00. The van der Waals surface area contributed by atoms with Crippen molar-refractivity contribution in [3.63, 3.8) is 0 Å². The number of anilines is 2. The zero-order valence-electron chi connectivity index (χ0n) is 16.7. The van der Waals surface area contributed by atoms with Crippen LogP contribution >= 0.6 is 0 Å². The van der Waals surface area contributed by atoms with E-state index >= 15 is 0 Å². The zero-order valence-corrected chi connectivity index (χ0v) is 16.7. The number of carbonyl (C=O) groups is 1. The molecular formula is C21H17F6N3O2. The monoisotopic (exact) mass is 457 g/mol. The highest BCUT2D eigenvalue weighted by atomic mass is 19.4. The molecule has 1 aliphatic rings.